The van der Waals surface area contributed by atoms with E-state index in [1.807, 2.05) is 20.8 Å². The predicted molar refractivity (Wildman–Crippen MR) is 86.5 cm³/mol. The van der Waals surface area contributed by atoms with Gasteiger partial charge in [0, 0.05) is 5.92 Å². The van der Waals surface area contributed by atoms with Gasteiger partial charge in [-0.15, -0.1) is 0 Å². The largest absolute Gasteiger partial charge is 0.344 e. The van der Waals surface area contributed by atoms with Crippen LogP contribution in [0, 0.1) is 17.8 Å². The van der Waals surface area contributed by atoms with Gasteiger partial charge >= 0.3 is 0 Å². The summed E-state index contributed by atoms with van der Waals surface area (Å²) in [7, 11) is 0. The lowest BCUT2D eigenvalue weighted by Crippen LogP contribution is -2.46. The van der Waals surface area contributed by atoms with E-state index in [9.17, 15) is 9.18 Å². The highest BCUT2D eigenvalue weighted by Gasteiger charge is 2.33. The fourth-order valence-electron chi connectivity index (χ4n) is 3.24. The van der Waals surface area contributed by atoms with E-state index in [1.165, 1.54) is 10.5 Å². The van der Waals surface area contributed by atoms with Crippen molar-refractivity contribution in [1.82, 2.24) is 20.0 Å². The molecule has 0 spiro atoms. The molecule has 2 atom stereocenters. The third kappa shape index (κ3) is 2.95. The number of pyridine rings is 1. The third-order valence-electron chi connectivity index (χ3n) is 4.72. The topological polar surface area (TPSA) is 58.4 Å². The van der Waals surface area contributed by atoms with Gasteiger partial charge in [0.15, 0.2) is 5.95 Å². The van der Waals surface area contributed by atoms with Gasteiger partial charge in [0.1, 0.15) is 5.82 Å². The highest BCUT2D eigenvalue weighted by atomic mass is 19.1. The number of carbonyl (C=O) groups is 1. The number of rotatable bonds is 4. The maximum Gasteiger partial charge on any atom is 0.223 e. The average Bonchev–Trinajstić information content (AvgIpc) is 3.16. The van der Waals surface area contributed by atoms with Crippen LogP contribution >= 0.6 is 0 Å². The Morgan fingerprint density at radius 3 is 3.00 bits per heavy atom. The monoisotopic (exact) mass is 318 g/mol. The lowest BCUT2D eigenvalue weighted by molar-refractivity contribution is -0.127. The number of amides is 1. The Hall–Kier alpha value is -1.95. The third-order valence-corrected chi connectivity index (χ3v) is 4.72. The van der Waals surface area contributed by atoms with E-state index >= 15 is 0 Å². The Balaban J connectivity index is 1.84. The maximum absolute atomic E-state index is 14.2. The number of hydrogen-bond donors (Lipinski definition) is 2. The average molecular weight is 318 g/mol. The Labute approximate surface area is 135 Å². The van der Waals surface area contributed by atoms with Crippen LogP contribution in [0.2, 0.25) is 0 Å². The van der Waals surface area contributed by atoms with E-state index in [1.54, 1.807) is 18.3 Å². The minimum atomic E-state index is -0.758. The van der Waals surface area contributed by atoms with Gasteiger partial charge in [0.05, 0.1) is 17.3 Å². The Morgan fingerprint density at radius 2 is 2.30 bits per heavy atom. The van der Waals surface area contributed by atoms with E-state index in [-0.39, 0.29) is 17.8 Å². The normalized spacial score (nSPS) is 19.9. The molecule has 0 radical (unpaired) electrons. The van der Waals surface area contributed by atoms with Gasteiger partial charge in [-0.1, -0.05) is 13.0 Å². The second-order valence-corrected chi connectivity index (χ2v) is 6.85. The fourth-order valence-corrected chi connectivity index (χ4v) is 3.24. The molecule has 0 aliphatic carbocycles. The molecule has 2 N–H and O–H groups in total. The number of nitrogens with zero attached hydrogens (tertiary/aromatic N) is 2. The van der Waals surface area contributed by atoms with Crippen LogP contribution in [0.25, 0.3) is 5.52 Å². The summed E-state index contributed by atoms with van der Waals surface area (Å²) in [6.07, 6.45) is 2.63. The quantitative estimate of drug-likeness (QED) is 0.849. The Morgan fingerprint density at radius 1 is 1.52 bits per heavy atom. The van der Waals surface area contributed by atoms with E-state index in [0.717, 1.165) is 19.5 Å². The number of halogens is 1. The van der Waals surface area contributed by atoms with Gasteiger partial charge < -0.3 is 10.6 Å². The summed E-state index contributed by atoms with van der Waals surface area (Å²) >= 11 is 0. The first-order valence-corrected chi connectivity index (χ1v) is 8.05. The molecule has 124 valence electrons. The molecule has 0 aromatic carbocycles. The van der Waals surface area contributed by atoms with Crippen molar-refractivity contribution < 1.29 is 9.18 Å². The van der Waals surface area contributed by atoms with Crippen LogP contribution in [0.3, 0.4) is 0 Å². The molecule has 5 nitrogen and oxygen atoms in total. The van der Waals surface area contributed by atoms with Crippen LogP contribution in [-0.2, 0) is 10.3 Å². The standard InChI is InChI=1S/C17H23FN4O/c1-11(12-7-8-19-9-12)15(23)21-17(2,3)16-20-10-13-5-4-6-14(18)22(13)16/h4-6,10-12,19H,7-9H2,1-3H3,(H,21,23)/t11-,12+/m1/s1. The molecule has 1 fully saturated rings. The molecule has 1 saturated heterocycles. The molecule has 3 rings (SSSR count). The molecule has 0 unspecified atom stereocenters. The predicted octanol–water partition coefficient (Wildman–Crippen LogP) is 2.07. The Bertz CT molecular complexity index is 718. The van der Waals surface area contributed by atoms with E-state index in [0.29, 0.717) is 17.3 Å². The van der Waals surface area contributed by atoms with Gasteiger partial charge in [0.2, 0.25) is 5.91 Å². The lowest BCUT2D eigenvalue weighted by atomic mass is 9.91. The molecule has 6 heteroatoms. The zero-order valence-corrected chi connectivity index (χ0v) is 13.8. The molecule has 1 aliphatic heterocycles. The van der Waals surface area contributed by atoms with Gasteiger partial charge in [0.25, 0.3) is 0 Å². The fraction of sp³-hybridized carbons (Fsp3) is 0.529. The van der Waals surface area contributed by atoms with E-state index in [4.69, 9.17) is 0 Å². The van der Waals surface area contributed by atoms with E-state index < -0.39 is 5.54 Å². The van der Waals surface area contributed by atoms with Crippen molar-refractivity contribution in [2.75, 3.05) is 13.1 Å². The summed E-state index contributed by atoms with van der Waals surface area (Å²) in [6, 6.07) is 4.84. The van der Waals surface area contributed by atoms with Gasteiger partial charge in [-0.25, -0.2) is 4.98 Å². The molecule has 3 heterocycles. The molecular formula is C17H23FN4O. The van der Waals surface area contributed by atoms with E-state index in [2.05, 4.69) is 15.6 Å². The van der Waals surface area contributed by atoms with Crippen molar-refractivity contribution in [3.05, 3.63) is 36.2 Å². The summed E-state index contributed by atoms with van der Waals surface area (Å²) in [5.74, 6) is 0.359. The van der Waals surface area contributed by atoms with Gasteiger partial charge in [-0.05, 0) is 51.4 Å². The number of imidazole rings is 1. The SMILES string of the molecule is C[C@@H](C(=O)NC(C)(C)c1ncc2cccc(F)n12)[C@H]1CCNC1. The molecule has 1 amide bonds. The van der Waals surface area contributed by atoms with Crippen LogP contribution in [0.5, 0.6) is 0 Å². The molecule has 2 aromatic heterocycles. The first-order chi connectivity index (χ1) is 10.9. The highest BCUT2D eigenvalue weighted by molar-refractivity contribution is 5.79. The van der Waals surface area contributed by atoms with Crippen molar-refractivity contribution in [3.63, 3.8) is 0 Å². The number of aromatic nitrogens is 2. The number of hydrogen-bond acceptors (Lipinski definition) is 3. The molecule has 2 aromatic rings. The number of nitrogens with one attached hydrogen (secondary N) is 2. The maximum atomic E-state index is 14.2. The molecular weight excluding hydrogens is 295 g/mol. The van der Waals surface area contributed by atoms with Gasteiger partial charge in [-0.3, -0.25) is 9.20 Å². The van der Waals surface area contributed by atoms with Crippen LogP contribution in [0.4, 0.5) is 4.39 Å². The summed E-state index contributed by atoms with van der Waals surface area (Å²) < 4.78 is 15.6. The van der Waals surface area contributed by atoms with Crippen molar-refractivity contribution in [2.45, 2.75) is 32.7 Å². The van der Waals surface area contributed by atoms with Crippen LogP contribution in [0.1, 0.15) is 33.0 Å². The zero-order valence-electron chi connectivity index (χ0n) is 13.8. The minimum absolute atomic E-state index is 0.0169. The Kier molecular flexibility index (Phi) is 4.10. The van der Waals surface area contributed by atoms with Crippen molar-refractivity contribution in [2.24, 2.45) is 11.8 Å². The highest BCUT2D eigenvalue weighted by Crippen LogP contribution is 2.24. The van der Waals surface area contributed by atoms with Gasteiger partial charge in [-0.2, -0.15) is 4.39 Å². The number of fused-ring (bicyclic) bond motifs is 1. The minimum Gasteiger partial charge on any atom is -0.344 e. The second-order valence-electron chi connectivity index (χ2n) is 6.85. The van der Waals surface area contributed by atoms with Crippen molar-refractivity contribution in [3.8, 4) is 0 Å². The lowest BCUT2D eigenvalue weighted by Gasteiger charge is -2.28. The molecule has 1 aliphatic rings. The molecule has 0 saturated carbocycles. The summed E-state index contributed by atoms with van der Waals surface area (Å²) in [5.41, 5.74) is -0.0817. The number of carbonyl (C=O) groups excluding carboxylic acids is 1. The molecule has 0 bridgehead atoms. The summed E-state index contributed by atoms with van der Waals surface area (Å²) in [5, 5.41) is 6.32. The van der Waals surface area contributed by atoms with Crippen LogP contribution < -0.4 is 10.6 Å². The smallest absolute Gasteiger partial charge is 0.223 e. The van der Waals surface area contributed by atoms with Crippen molar-refractivity contribution in [1.29, 1.82) is 0 Å². The van der Waals surface area contributed by atoms with Crippen molar-refractivity contribution >= 4 is 11.4 Å². The zero-order chi connectivity index (χ0) is 16.6. The summed E-state index contributed by atoms with van der Waals surface area (Å²) in [4.78, 5) is 16.9. The first kappa shape index (κ1) is 15.9. The second kappa shape index (κ2) is 5.92. The van der Waals surface area contributed by atoms with Crippen LogP contribution in [-0.4, -0.2) is 28.4 Å². The first-order valence-electron chi connectivity index (χ1n) is 8.05. The van der Waals surface area contributed by atoms with Crippen LogP contribution in [0.15, 0.2) is 24.4 Å². The molecule has 23 heavy (non-hydrogen) atoms. The summed E-state index contributed by atoms with van der Waals surface area (Å²) in [6.45, 7) is 7.49.